The SMILES string of the molecule is CCc1cccc(C)c1NC(=O)CSc1nnc(-c2ccc(F)cc2)n1C. The van der Waals surface area contributed by atoms with Crippen LogP contribution in [0.1, 0.15) is 18.1 Å². The van der Waals surface area contributed by atoms with Gasteiger partial charge in [-0.2, -0.15) is 0 Å². The van der Waals surface area contributed by atoms with Crippen molar-refractivity contribution < 1.29 is 9.18 Å². The van der Waals surface area contributed by atoms with Crippen molar-refractivity contribution in [2.45, 2.75) is 25.4 Å². The lowest BCUT2D eigenvalue weighted by molar-refractivity contribution is -0.113. The number of nitrogens with one attached hydrogen (secondary N) is 1. The van der Waals surface area contributed by atoms with Crippen molar-refractivity contribution in [3.05, 3.63) is 59.4 Å². The summed E-state index contributed by atoms with van der Waals surface area (Å²) in [5.41, 5.74) is 3.82. The molecule has 0 atom stereocenters. The summed E-state index contributed by atoms with van der Waals surface area (Å²) in [5.74, 6) is 0.475. The van der Waals surface area contributed by atoms with Gasteiger partial charge in [0.25, 0.3) is 0 Å². The third-order valence-electron chi connectivity index (χ3n) is 4.27. The highest BCUT2D eigenvalue weighted by Crippen LogP contribution is 2.24. The number of para-hydroxylation sites is 1. The Labute approximate surface area is 162 Å². The molecule has 1 amide bonds. The number of amides is 1. The van der Waals surface area contributed by atoms with E-state index in [1.54, 1.807) is 16.7 Å². The van der Waals surface area contributed by atoms with Gasteiger partial charge in [0.15, 0.2) is 11.0 Å². The van der Waals surface area contributed by atoms with E-state index in [9.17, 15) is 9.18 Å². The van der Waals surface area contributed by atoms with Crippen molar-refractivity contribution in [3.63, 3.8) is 0 Å². The van der Waals surface area contributed by atoms with Gasteiger partial charge in [-0.25, -0.2) is 4.39 Å². The van der Waals surface area contributed by atoms with E-state index in [4.69, 9.17) is 0 Å². The van der Waals surface area contributed by atoms with Gasteiger partial charge in [-0.15, -0.1) is 10.2 Å². The quantitative estimate of drug-likeness (QED) is 0.647. The summed E-state index contributed by atoms with van der Waals surface area (Å²) >= 11 is 1.32. The summed E-state index contributed by atoms with van der Waals surface area (Å²) in [6.45, 7) is 4.05. The molecule has 0 aliphatic carbocycles. The lowest BCUT2D eigenvalue weighted by Gasteiger charge is -2.12. The molecule has 5 nitrogen and oxygen atoms in total. The van der Waals surface area contributed by atoms with Gasteiger partial charge >= 0.3 is 0 Å². The molecule has 0 bridgehead atoms. The monoisotopic (exact) mass is 384 g/mol. The number of carbonyl (C=O) groups is 1. The molecule has 0 saturated heterocycles. The third-order valence-corrected chi connectivity index (χ3v) is 5.29. The number of hydrogen-bond acceptors (Lipinski definition) is 4. The first-order valence-corrected chi connectivity index (χ1v) is 9.64. The average Bonchev–Trinajstić information content (AvgIpc) is 3.03. The molecule has 0 aliphatic heterocycles. The number of aromatic nitrogens is 3. The minimum Gasteiger partial charge on any atom is -0.325 e. The maximum atomic E-state index is 13.1. The van der Waals surface area contributed by atoms with Crippen LogP contribution in [0, 0.1) is 12.7 Å². The second kappa shape index (κ2) is 8.35. The molecule has 1 aromatic heterocycles. The first kappa shape index (κ1) is 19.1. The number of rotatable bonds is 6. The molecule has 0 radical (unpaired) electrons. The van der Waals surface area contributed by atoms with E-state index in [1.807, 2.05) is 32.2 Å². The standard InChI is InChI=1S/C20H21FN4OS/c1-4-14-7-5-6-13(2)18(14)22-17(26)12-27-20-24-23-19(25(20)3)15-8-10-16(21)11-9-15/h5-11H,4,12H2,1-3H3,(H,22,26). The number of benzene rings is 2. The zero-order chi connectivity index (χ0) is 19.4. The molecular formula is C20H21FN4OS. The molecule has 3 aromatic rings. The molecule has 0 aliphatic rings. The molecule has 3 rings (SSSR count). The second-order valence-corrected chi connectivity index (χ2v) is 7.11. The predicted octanol–water partition coefficient (Wildman–Crippen LogP) is 4.22. The lowest BCUT2D eigenvalue weighted by atomic mass is 10.1. The number of hydrogen-bond donors (Lipinski definition) is 1. The van der Waals surface area contributed by atoms with E-state index in [2.05, 4.69) is 22.4 Å². The topological polar surface area (TPSA) is 59.8 Å². The molecule has 0 unspecified atom stereocenters. The molecule has 0 spiro atoms. The van der Waals surface area contributed by atoms with Crippen molar-refractivity contribution >= 4 is 23.4 Å². The van der Waals surface area contributed by atoms with Gasteiger partial charge in [0, 0.05) is 18.3 Å². The van der Waals surface area contributed by atoms with E-state index in [0.717, 1.165) is 28.8 Å². The van der Waals surface area contributed by atoms with E-state index >= 15 is 0 Å². The van der Waals surface area contributed by atoms with Crippen molar-refractivity contribution in [2.75, 3.05) is 11.1 Å². The van der Waals surface area contributed by atoms with Crippen LogP contribution in [0.25, 0.3) is 11.4 Å². The van der Waals surface area contributed by atoms with E-state index in [0.29, 0.717) is 11.0 Å². The summed E-state index contributed by atoms with van der Waals surface area (Å²) in [6.07, 6.45) is 0.856. The maximum Gasteiger partial charge on any atom is 0.234 e. The fourth-order valence-electron chi connectivity index (χ4n) is 2.80. The minimum atomic E-state index is -0.296. The summed E-state index contributed by atoms with van der Waals surface area (Å²) in [6, 6.07) is 12.1. The Balaban J connectivity index is 1.67. The Morgan fingerprint density at radius 3 is 2.63 bits per heavy atom. The fraction of sp³-hybridized carbons (Fsp3) is 0.250. The van der Waals surface area contributed by atoms with Crippen LogP contribution in [0.5, 0.6) is 0 Å². The first-order valence-electron chi connectivity index (χ1n) is 8.66. The molecule has 27 heavy (non-hydrogen) atoms. The molecule has 1 N–H and O–H groups in total. The van der Waals surface area contributed by atoms with E-state index in [-0.39, 0.29) is 17.5 Å². The molecule has 1 heterocycles. The van der Waals surface area contributed by atoms with Gasteiger partial charge in [0.05, 0.1) is 5.75 Å². The highest BCUT2D eigenvalue weighted by Gasteiger charge is 2.14. The van der Waals surface area contributed by atoms with Crippen molar-refractivity contribution in [1.29, 1.82) is 0 Å². The minimum absolute atomic E-state index is 0.0877. The number of aryl methyl sites for hydroxylation is 2. The largest absolute Gasteiger partial charge is 0.325 e. The summed E-state index contributed by atoms with van der Waals surface area (Å²) < 4.78 is 14.9. The summed E-state index contributed by atoms with van der Waals surface area (Å²) in [5, 5.41) is 11.9. The van der Waals surface area contributed by atoms with Crippen molar-refractivity contribution in [2.24, 2.45) is 7.05 Å². The summed E-state index contributed by atoms with van der Waals surface area (Å²) in [4.78, 5) is 12.4. The number of nitrogens with zero attached hydrogens (tertiary/aromatic N) is 3. The predicted molar refractivity (Wildman–Crippen MR) is 106 cm³/mol. The Morgan fingerprint density at radius 2 is 1.93 bits per heavy atom. The van der Waals surface area contributed by atoms with Crippen LogP contribution in [0.15, 0.2) is 47.6 Å². The van der Waals surface area contributed by atoms with Crippen LogP contribution in [0.4, 0.5) is 10.1 Å². The Morgan fingerprint density at radius 1 is 1.19 bits per heavy atom. The van der Waals surface area contributed by atoms with Crippen LogP contribution < -0.4 is 5.32 Å². The molecular weight excluding hydrogens is 363 g/mol. The molecule has 0 saturated carbocycles. The third kappa shape index (κ3) is 4.36. The molecule has 140 valence electrons. The van der Waals surface area contributed by atoms with Crippen LogP contribution >= 0.6 is 11.8 Å². The lowest BCUT2D eigenvalue weighted by Crippen LogP contribution is -2.16. The fourth-order valence-corrected chi connectivity index (χ4v) is 3.51. The highest BCUT2D eigenvalue weighted by molar-refractivity contribution is 7.99. The van der Waals surface area contributed by atoms with Crippen LogP contribution in [-0.2, 0) is 18.3 Å². The van der Waals surface area contributed by atoms with Gasteiger partial charge in [0.2, 0.25) is 5.91 Å². The van der Waals surface area contributed by atoms with Gasteiger partial charge in [-0.1, -0.05) is 36.9 Å². The summed E-state index contributed by atoms with van der Waals surface area (Å²) in [7, 11) is 1.83. The van der Waals surface area contributed by atoms with Crippen molar-refractivity contribution in [1.82, 2.24) is 14.8 Å². The maximum absolute atomic E-state index is 13.1. The second-order valence-electron chi connectivity index (χ2n) is 6.17. The van der Waals surface area contributed by atoms with E-state index in [1.165, 1.54) is 23.9 Å². The number of halogens is 1. The number of thioether (sulfide) groups is 1. The Kier molecular flexibility index (Phi) is 5.91. The zero-order valence-corrected chi connectivity index (χ0v) is 16.3. The van der Waals surface area contributed by atoms with Crippen LogP contribution in [0.2, 0.25) is 0 Å². The smallest absolute Gasteiger partial charge is 0.234 e. The zero-order valence-electron chi connectivity index (χ0n) is 15.5. The molecule has 7 heteroatoms. The average molecular weight is 384 g/mol. The first-order chi connectivity index (χ1) is 13.0. The van der Waals surface area contributed by atoms with E-state index < -0.39 is 0 Å². The molecule has 0 fully saturated rings. The highest BCUT2D eigenvalue weighted by atomic mass is 32.2. The number of carbonyl (C=O) groups excluding carboxylic acids is 1. The van der Waals surface area contributed by atoms with Crippen LogP contribution in [-0.4, -0.2) is 26.4 Å². The normalized spacial score (nSPS) is 10.8. The van der Waals surface area contributed by atoms with Gasteiger partial charge in [-0.3, -0.25) is 4.79 Å². The number of anilines is 1. The van der Waals surface area contributed by atoms with Crippen molar-refractivity contribution in [3.8, 4) is 11.4 Å². The Hall–Kier alpha value is -2.67. The van der Waals surface area contributed by atoms with Crippen LogP contribution in [0.3, 0.4) is 0 Å². The van der Waals surface area contributed by atoms with Gasteiger partial charge < -0.3 is 9.88 Å². The molecule has 2 aromatic carbocycles. The van der Waals surface area contributed by atoms with Gasteiger partial charge in [0.1, 0.15) is 5.82 Å². The van der Waals surface area contributed by atoms with Gasteiger partial charge in [-0.05, 0) is 48.7 Å². The Bertz CT molecular complexity index is 953.